The van der Waals surface area contributed by atoms with Crippen molar-refractivity contribution < 1.29 is 9.90 Å². The van der Waals surface area contributed by atoms with Gasteiger partial charge >= 0.3 is 0 Å². The summed E-state index contributed by atoms with van der Waals surface area (Å²) < 4.78 is 1.07. The van der Waals surface area contributed by atoms with E-state index < -0.39 is 6.10 Å². The smallest absolute Gasteiger partial charge is 0.252 e. The van der Waals surface area contributed by atoms with Crippen molar-refractivity contribution in [2.75, 3.05) is 6.54 Å². The first-order chi connectivity index (χ1) is 8.66. The molecule has 0 aliphatic rings. The second-order valence-electron chi connectivity index (χ2n) is 3.78. The van der Waals surface area contributed by atoms with Crippen LogP contribution in [0.5, 0.6) is 0 Å². The normalized spacial score (nSPS) is 12.1. The van der Waals surface area contributed by atoms with Gasteiger partial charge in [0.25, 0.3) is 5.91 Å². The van der Waals surface area contributed by atoms with Gasteiger partial charge in [-0.3, -0.25) is 4.79 Å². The summed E-state index contributed by atoms with van der Waals surface area (Å²) in [4.78, 5) is 11.8. The Morgan fingerprint density at radius 2 is 2.11 bits per heavy atom. The molecule has 2 rings (SSSR count). The molecule has 0 spiro atoms. The van der Waals surface area contributed by atoms with Crippen molar-refractivity contribution in [3.05, 3.63) is 55.8 Å². The summed E-state index contributed by atoms with van der Waals surface area (Å²) in [5.74, 6) is -0.149. The predicted octanol–water partition coefficient (Wildman–Crippen LogP) is 2.82. The number of thiophene rings is 1. The van der Waals surface area contributed by atoms with Gasteiger partial charge in [-0.25, -0.2) is 0 Å². The van der Waals surface area contributed by atoms with Gasteiger partial charge in [0.15, 0.2) is 0 Å². The molecule has 2 aromatic rings. The van der Waals surface area contributed by atoms with Gasteiger partial charge in [-0.15, -0.1) is 11.3 Å². The number of benzene rings is 1. The Hall–Kier alpha value is -0.920. The molecule has 1 atom stereocenters. The van der Waals surface area contributed by atoms with E-state index in [0.29, 0.717) is 5.56 Å². The molecule has 1 aromatic carbocycles. The molecule has 0 aliphatic carbocycles. The monoisotopic (exact) mass is 373 g/mol. The van der Waals surface area contributed by atoms with Crippen molar-refractivity contribution in [3.63, 3.8) is 0 Å². The van der Waals surface area contributed by atoms with E-state index in [0.717, 1.165) is 8.45 Å². The third-order valence-corrected chi connectivity index (χ3v) is 4.26. The van der Waals surface area contributed by atoms with Gasteiger partial charge in [-0.05, 0) is 34.2 Å². The molecule has 0 aliphatic heterocycles. The Bertz CT molecular complexity index is 527. The number of rotatable bonds is 4. The van der Waals surface area contributed by atoms with Gasteiger partial charge < -0.3 is 10.4 Å². The zero-order valence-electron chi connectivity index (χ0n) is 9.47. The number of nitrogens with one attached hydrogen (secondary N) is 1. The van der Waals surface area contributed by atoms with Gasteiger partial charge in [0.1, 0.15) is 0 Å². The lowest BCUT2D eigenvalue weighted by Gasteiger charge is -2.11. The summed E-state index contributed by atoms with van der Waals surface area (Å²) in [6, 6.07) is 11.1. The van der Waals surface area contributed by atoms with Crippen LogP contribution in [0.1, 0.15) is 22.0 Å². The summed E-state index contributed by atoms with van der Waals surface area (Å²) in [6.07, 6.45) is -0.673. The summed E-state index contributed by atoms with van der Waals surface area (Å²) in [5.41, 5.74) is 1.45. The number of aliphatic hydroxyl groups excluding tert-OH is 1. The van der Waals surface area contributed by atoms with Crippen LogP contribution >= 0.6 is 33.9 Å². The Morgan fingerprint density at radius 3 is 2.72 bits per heavy atom. The molecular weight excluding hydrogens is 361 g/mol. The average Bonchev–Trinajstić information content (AvgIpc) is 2.83. The standard InChI is InChI=1S/C13H12INO2S/c14-12-6-10(8-18-12)13(17)15-7-11(16)9-4-2-1-3-5-9/h1-6,8,11,16H,7H2,(H,15,17). The van der Waals surface area contributed by atoms with Crippen LogP contribution in [-0.4, -0.2) is 17.6 Å². The molecule has 0 fully saturated rings. The molecule has 5 heteroatoms. The highest BCUT2D eigenvalue weighted by Crippen LogP contribution is 2.17. The van der Waals surface area contributed by atoms with Crippen LogP contribution in [-0.2, 0) is 0 Å². The molecule has 94 valence electrons. The zero-order valence-corrected chi connectivity index (χ0v) is 12.4. The highest BCUT2D eigenvalue weighted by molar-refractivity contribution is 14.1. The molecule has 2 N–H and O–H groups in total. The number of amides is 1. The number of hydrogen-bond donors (Lipinski definition) is 2. The van der Waals surface area contributed by atoms with Gasteiger partial charge in [-0.2, -0.15) is 0 Å². The van der Waals surface area contributed by atoms with Crippen molar-refractivity contribution in [2.45, 2.75) is 6.10 Å². The fraction of sp³-hybridized carbons (Fsp3) is 0.154. The highest BCUT2D eigenvalue weighted by atomic mass is 127. The van der Waals surface area contributed by atoms with Crippen LogP contribution in [0.3, 0.4) is 0 Å². The fourth-order valence-corrected chi connectivity index (χ4v) is 2.84. The van der Waals surface area contributed by atoms with Crippen LogP contribution in [0, 0.1) is 2.88 Å². The minimum atomic E-state index is -0.673. The number of carbonyl (C=O) groups excluding carboxylic acids is 1. The second-order valence-corrected chi connectivity index (χ2v) is 6.58. The summed E-state index contributed by atoms with van der Waals surface area (Å²) >= 11 is 3.70. The fourth-order valence-electron chi connectivity index (χ4n) is 1.51. The van der Waals surface area contributed by atoms with Gasteiger partial charge in [0.2, 0.25) is 0 Å². The summed E-state index contributed by atoms with van der Waals surface area (Å²) in [5, 5.41) is 14.4. The maximum absolute atomic E-state index is 11.8. The van der Waals surface area contributed by atoms with Crippen LogP contribution < -0.4 is 5.32 Å². The van der Waals surface area contributed by atoms with E-state index >= 15 is 0 Å². The summed E-state index contributed by atoms with van der Waals surface area (Å²) in [6.45, 7) is 0.218. The number of hydrogen-bond acceptors (Lipinski definition) is 3. The van der Waals surface area contributed by atoms with E-state index in [1.54, 1.807) is 0 Å². The summed E-state index contributed by atoms with van der Waals surface area (Å²) in [7, 11) is 0. The number of carbonyl (C=O) groups is 1. The zero-order chi connectivity index (χ0) is 13.0. The first-order valence-electron chi connectivity index (χ1n) is 5.42. The average molecular weight is 373 g/mol. The molecule has 0 bridgehead atoms. The highest BCUT2D eigenvalue weighted by Gasteiger charge is 2.11. The van der Waals surface area contributed by atoms with Crippen LogP contribution in [0.15, 0.2) is 41.8 Å². The van der Waals surface area contributed by atoms with E-state index in [1.165, 1.54) is 11.3 Å². The Labute approximate surface area is 123 Å². The van der Waals surface area contributed by atoms with Crippen molar-refractivity contribution >= 4 is 39.8 Å². The predicted molar refractivity (Wildman–Crippen MR) is 80.8 cm³/mol. The van der Waals surface area contributed by atoms with Gasteiger partial charge in [-0.1, -0.05) is 30.3 Å². The number of halogens is 1. The topological polar surface area (TPSA) is 49.3 Å². The third-order valence-electron chi connectivity index (χ3n) is 2.47. The van der Waals surface area contributed by atoms with E-state index in [4.69, 9.17) is 0 Å². The quantitative estimate of drug-likeness (QED) is 0.810. The molecule has 1 heterocycles. The van der Waals surface area contributed by atoms with Crippen molar-refractivity contribution in [3.8, 4) is 0 Å². The minimum Gasteiger partial charge on any atom is -0.387 e. The molecule has 1 aromatic heterocycles. The molecular formula is C13H12INO2S. The molecule has 0 saturated carbocycles. The Kier molecular flexibility index (Phi) is 4.73. The van der Waals surface area contributed by atoms with E-state index in [-0.39, 0.29) is 12.5 Å². The van der Waals surface area contributed by atoms with Crippen molar-refractivity contribution in [2.24, 2.45) is 0 Å². The molecule has 3 nitrogen and oxygen atoms in total. The molecule has 18 heavy (non-hydrogen) atoms. The first-order valence-corrected chi connectivity index (χ1v) is 7.38. The lowest BCUT2D eigenvalue weighted by atomic mass is 10.1. The third kappa shape index (κ3) is 3.54. The first kappa shape index (κ1) is 13.5. The lowest BCUT2D eigenvalue weighted by Crippen LogP contribution is -2.28. The minimum absolute atomic E-state index is 0.149. The molecule has 0 saturated heterocycles. The maximum Gasteiger partial charge on any atom is 0.252 e. The second kappa shape index (κ2) is 6.31. The van der Waals surface area contributed by atoms with E-state index in [2.05, 4.69) is 27.9 Å². The molecule has 1 unspecified atom stereocenters. The van der Waals surface area contributed by atoms with Crippen molar-refractivity contribution in [1.82, 2.24) is 5.32 Å². The van der Waals surface area contributed by atoms with Crippen LogP contribution in [0.2, 0.25) is 0 Å². The van der Waals surface area contributed by atoms with E-state index in [9.17, 15) is 9.90 Å². The van der Waals surface area contributed by atoms with Crippen molar-refractivity contribution in [1.29, 1.82) is 0 Å². The number of aliphatic hydroxyl groups is 1. The molecule has 0 radical (unpaired) electrons. The lowest BCUT2D eigenvalue weighted by molar-refractivity contribution is 0.0917. The Morgan fingerprint density at radius 1 is 1.39 bits per heavy atom. The van der Waals surface area contributed by atoms with E-state index in [1.807, 2.05) is 41.8 Å². The van der Waals surface area contributed by atoms with Gasteiger partial charge in [0, 0.05) is 11.9 Å². The maximum atomic E-state index is 11.8. The van der Waals surface area contributed by atoms with Gasteiger partial charge in [0.05, 0.1) is 14.6 Å². The SMILES string of the molecule is O=C(NCC(O)c1ccccc1)c1csc(I)c1. The van der Waals surface area contributed by atoms with Crippen LogP contribution in [0.4, 0.5) is 0 Å². The Balaban J connectivity index is 1.90. The van der Waals surface area contributed by atoms with Crippen LogP contribution in [0.25, 0.3) is 0 Å². The largest absolute Gasteiger partial charge is 0.387 e. The molecule has 1 amide bonds.